The van der Waals surface area contributed by atoms with Crippen LogP contribution >= 0.6 is 0 Å². The monoisotopic (exact) mass is 829 g/mol. The molecule has 1 heterocycles. The van der Waals surface area contributed by atoms with Crippen LogP contribution in [-0.2, 0) is 10.8 Å². The van der Waals surface area contributed by atoms with Gasteiger partial charge >= 0.3 is 0 Å². The molecule has 0 saturated carbocycles. The average Bonchev–Trinajstić information content (AvgIpc) is 3.98. The third-order valence-corrected chi connectivity index (χ3v) is 14.4. The highest BCUT2D eigenvalue weighted by atomic mass is 16.6. The minimum Gasteiger partial charge on any atom is -0.449 e. The molecule has 10 aromatic rings. The lowest BCUT2D eigenvalue weighted by Gasteiger charge is -2.38. The van der Waals surface area contributed by atoms with Gasteiger partial charge in [-0.2, -0.15) is 0 Å². The van der Waals surface area contributed by atoms with E-state index in [4.69, 9.17) is 9.47 Å². The molecule has 3 heteroatoms. The molecule has 0 radical (unpaired) electrons. The Morgan fingerprint density at radius 1 is 0.308 bits per heavy atom. The molecule has 304 valence electrons. The Morgan fingerprint density at radius 3 is 1.43 bits per heavy atom. The summed E-state index contributed by atoms with van der Waals surface area (Å²) >= 11 is 0. The summed E-state index contributed by atoms with van der Waals surface area (Å²) in [5, 5.41) is 0. The van der Waals surface area contributed by atoms with Crippen LogP contribution in [0.15, 0.2) is 237 Å². The van der Waals surface area contributed by atoms with Crippen molar-refractivity contribution in [3.05, 3.63) is 281 Å². The van der Waals surface area contributed by atoms with Crippen molar-refractivity contribution < 1.29 is 9.47 Å². The van der Waals surface area contributed by atoms with Gasteiger partial charge < -0.3 is 14.4 Å². The van der Waals surface area contributed by atoms with Gasteiger partial charge in [0, 0.05) is 22.9 Å². The van der Waals surface area contributed by atoms with E-state index in [2.05, 4.69) is 241 Å². The highest BCUT2D eigenvalue weighted by molar-refractivity contribution is 5.98. The van der Waals surface area contributed by atoms with Crippen LogP contribution in [0.1, 0.15) is 44.5 Å². The number of ether oxygens (including phenoxy) is 2. The normalized spacial score (nSPS) is 14.3. The second-order valence-corrected chi connectivity index (χ2v) is 17.4. The summed E-state index contributed by atoms with van der Waals surface area (Å²) in [6, 6.07) is 85.9. The molecule has 0 amide bonds. The second-order valence-electron chi connectivity index (χ2n) is 17.4. The first-order valence-electron chi connectivity index (χ1n) is 22.4. The maximum absolute atomic E-state index is 7.29. The summed E-state index contributed by atoms with van der Waals surface area (Å²) in [6.07, 6.45) is 0. The van der Waals surface area contributed by atoms with Gasteiger partial charge in [-0.3, -0.25) is 0 Å². The Bertz CT molecular complexity index is 3470. The molecule has 3 nitrogen and oxygen atoms in total. The van der Waals surface area contributed by atoms with Crippen molar-refractivity contribution in [3.8, 4) is 56.4 Å². The van der Waals surface area contributed by atoms with Gasteiger partial charge in [0.25, 0.3) is 0 Å². The van der Waals surface area contributed by atoms with Crippen LogP contribution in [0.2, 0.25) is 0 Å². The summed E-state index contributed by atoms with van der Waals surface area (Å²) < 4.78 is 14.2. The molecule has 0 fully saturated rings. The van der Waals surface area contributed by atoms with E-state index in [-0.39, 0.29) is 0 Å². The van der Waals surface area contributed by atoms with Crippen LogP contribution in [0.3, 0.4) is 0 Å². The lowest BCUT2D eigenvalue weighted by atomic mass is 9.67. The number of rotatable bonds is 5. The molecule has 0 bridgehead atoms. The first-order chi connectivity index (χ1) is 32.3. The minimum atomic E-state index is -0.605. The van der Waals surface area contributed by atoms with Gasteiger partial charge in [0.1, 0.15) is 0 Å². The predicted molar refractivity (Wildman–Crippen MR) is 261 cm³/mol. The summed E-state index contributed by atoms with van der Waals surface area (Å²) in [5.41, 5.74) is 19.3. The molecular weight excluding hydrogens is 791 g/mol. The van der Waals surface area contributed by atoms with E-state index in [1.165, 1.54) is 66.8 Å². The highest BCUT2D eigenvalue weighted by Gasteiger charge is 2.53. The van der Waals surface area contributed by atoms with Crippen molar-refractivity contribution in [1.82, 2.24) is 0 Å². The molecule has 1 aliphatic heterocycles. The highest BCUT2D eigenvalue weighted by Crippen LogP contribution is 2.67. The van der Waals surface area contributed by atoms with E-state index in [1.54, 1.807) is 0 Å². The molecule has 0 saturated heterocycles. The zero-order valence-corrected chi connectivity index (χ0v) is 35.3. The molecule has 10 aromatic carbocycles. The molecule has 65 heavy (non-hydrogen) atoms. The quantitative estimate of drug-likeness (QED) is 0.172. The Morgan fingerprint density at radius 2 is 0.800 bits per heavy atom. The summed E-state index contributed by atoms with van der Waals surface area (Å²) in [6.45, 7) is 0. The molecule has 0 aromatic heterocycles. The fraction of sp³-hybridized carbons (Fsp3) is 0.0323. The van der Waals surface area contributed by atoms with E-state index < -0.39 is 10.8 Å². The standard InChI is InChI=1S/C62H39NO2/c1-4-19-40(20-5-1)61(41-21-6-2-7-22-41)49-30-14-12-27-46(49)47-29-18-34-54(59(47)61)63(42-23-8-3-9-24-42)43-35-37-55-57(39-43)65-60-56(64-55)38-36-53-58(60)48-28-13-17-33-52(48)62(53)50-31-15-10-25-44(50)45-26-11-16-32-51(45)62/h1-39H. The van der Waals surface area contributed by atoms with E-state index >= 15 is 0 Å². The van der Waals surface area contributed by atoms with Crippen LogP contribution in [0.5, 0.6) is 23.0 Å². The Kier molecular flexibility index (Phi) is 7.53. The van der Waals surface area contributed by atoms with Crippen molar-refractivity contribution in [2.24, 2.45) is 0 Å². The third kappa shape index (κ3) is 4.74. The zero-order chi connectivity index (χ0) is 42.7. The summed E-state index contributed by atoms with van der Waals surface area (Å²) in [4.78, 5) is 2.40. The van der Waals surface area contributed by atoms with Crippen molar-refractivity contribution in [1.29, 1.82) is 0 Å². The number of hydrogen-bond donors (Lipinski definition) is 0. The first kappa shape index (κ1) is 36.1. The van der Waals surface area contributed by atoms with Crippen LogP contribution in [0.25, 0.3) is 33.4 Å². The van der Waals surface area contributed by atoms with Crippen molar-refractivity contribution in [3.63, 3.8) is 0 Å². The summed E-state index contributed by atoms with van der Waals surface area (Å²) in [7, 11) is 0. The van der Waals surface area contributed by atoms with Crippen molar-refractivity contribution >= 4 is 17.1 Å². The van der Waals surface area contributed by atoms with Gasteiger partial charge in [-0.1, -0.05) is 194 Å². The Balaban J connectivity index is 0.977. The number of anilines is 3. The first-order valence-corrected chi connectivity index (χ1v) is 22.4. The van der Waals surface area contributed by atoms with Gasteiger partial charge in [-0.05, 0) is 103 Å². The van der Waals surface area contributed by atoms with Crippen LogP contribution in [0.4, 0.5) is 17.1 Å². The molecule has 0 unspecified atom stereocenters. The topological polar surface area (TPSA) is 21.7 Å². The fourth-order valence-corrected chi connectivity index (χ4v) is 12.0. The maximum atomic E-state index is 7.29. The summed E-state index contributed by atoms with van der Waals surface area (Å²) in [5.74, 6) is 2.81. The number of hydrogen-bond acceptors (Lipinski definition) is 3. The lowest BCUT2D eigenvalue weighted by molar-refractivity contribution is 0.360. The number of benzene rings is 10. The lowest BCUT2D eigenvalue weighted by Crippen LogP contribution is -2.30. The van der Waals surface area contributed by atoms with E-state index in [9.17, 15) is 0 Å². The van der Waals surface area contributed by atoms with Gasteiger partial charge in [-0.25, -0.2) is 0 Å². The number of para-hydroxylation sites is 1. The molecule has 4 aliphatic rings. The molecule has 1 spiro atoms. The fourth-order valence-electron chi connectivity index (χ4n) is 12.0. The molecule has 0 N–H and O–H groups in total. The third-order valence-electron chi connectivity index (χ3n) is 14.4. The van der Waals surface area contributed by atoms with Crippen molar-refractivity contribution in [2.45, 2.75) is 10.8 Å². The molecule has 14 rings (SSSR count). The van der Waals surface area contributed by atoms with Crippen molar-refractivity contribution in [2.75, 3.05) is 4.90 Å². The zero-order valence-electron chi connectivity index (χ0n) is 35.3. The predicted octanol–water partition coefficient (Wildman–Crippen LogP) is 15.8. The van der Waals surface area contributed by atoms with Gasteiger partial charge in [-0.15, -0.1) is 0 Å². The second kappa shape index (κ2) is 13.6. The molecule has 3 aliphatic carbocycles. The van der Waals surface area contributed by atoms with Gasteiger partial charge in [0.15, 0.2) is 23.0 Å². The van der Waals surface area contributed by atoms with Crippen LogP contribution in [0, 0.1) is 0 Å². The van der Waals surface area contributed by atoms with E-state index in [0.717, 1.165) is 33.9 Å². The smallest absolute Gasteiger partial charge is 0.178 e. The SMILES string of the molecule is c1ccc(N(c2ccc3c(c2)Oc2c(ccc4c2-c2ccccc2C42c4ccccc4-c4ccccc42)O3)c2cccc3c2C(c2ccccc2)(c2ccccc2)c2ccccc2-3)cc1. The Hall–Kier alpha value is -8.40. The molecule has 0 atom stereocenters. The largest absolute Gasteiger partial charge is 0.449 e. The van der Waals surface area contributed by atoms with E-state index in [0.29, 0.717) is 17.2 Å². The van der Waals surface area contributed by atoms with Gasteiger partial charge in [0.05, 0.1) is 22.2 Å². The number of nitrogens with zero attached hydrogens (tertiary/aromatic N) is 1. The van der Waals surface area contributed by atoms with E-state index in [1.807, 2.05) is 0 Å². The van der Waals surface area contributed by atoms with Crippen LogP contribution in [-0.4, -0.2) is 0 Å². The number of fused-ring (bicyclic) bond motifs is 16. The minimum absolute atomic E-state index is 0.487. The molecular formula is C62H39NO2. The maximum Gasteiger partial charge on any atom is 0.178 e. The Labute approximate surface area is 378 Å². The van der Waals surface area contributed by atoms with Gasteiger partial charge in [0.2, 0.25) is 0 Å². The average molecular weight is 830 g/mol. The van der Waals surface area contributed by atoms with Crippen LogP contribution < -0.4 is 14.4 Å².